The van der Waals surface area contributed by atoms with Gasteiger partial charge in [0.2, 0.25) is 5.91 Å². The van der Waals surface area contributed by atoms with Gasteiger partial charge < -0.3 is 4.90 Å². The molecule has 0 radical (unpaired) electrons. The molecule has 0 aliphatic carbocycles. The normalized spacial score (nSPS) is 15.4. The van der Waals surface area contributed by atoms with Crippen molar-refractivity contribution in [1.82, 2.24) is 14.9 Å². The molecule has 3 aromatic rings. The summed E-state index contributed by atoms with van der Waals surface area (Å²) in [4.78, 5) is 24.2. The second-order valence-corrected chi connectivity index (χ2v) is 8.69. The van der Waals surface area contributed by atoms with Crippen molar-refractivity contribution >= 4 is 39.2 Å². The first kappa shape index (κ1) is 18.4. The van der Waals surface area contributed by atoms with Crippen LogP contribution in [0.15, 0.2) is 41.0 Å². The van der Waals surface area contributed by atoms with Crippen molar-refractivity contribution in [2.45, 2.75) is 24.8 Å². The molecule has 1 aliphatic rings. The molecule has 1 saturated heterocycles. The predicted molar refractivity (Wildman–Crippen MR) is 109 cm³/mol. The molecule has 1 aromatic carbocycles. The Bertz CT molecular complexity index is 950. The standard InChI is InChI=1S/C20H20FN3OS2/c1-13-6-8-24(9-7-13)17(25)11-27-20-18-16(10-26-19(18)22-12-23-20)14-2-4-15(21)5-3-14/h2-5,10,12-13H,6-9,11H2,1H3. The highest BCUT2D eigenvalue weighted by Gasteiger charge is 2.21. The van der Waals surface area contributed by atoms with E-state index in [1.165, 1.54) is 35.2 Å². The molecule has 0 unspecified atom stereocenters. The van der Waals surface area contributed by atoms with Crippen LogP contribution in [0.5, 0.6) is 0 Å². The molecule has 140 valence electrons. The first-order valence-corrected chi connectivity index (χ1v) is 10.9. The maximum atomic E-state index is 13.3. The second-order valence-electron chi connectivity index (χ2n) is 6.87. The van der Waals surface area contributed by atoms with Crippen molar-refractivity contribution in [3.63, 3.8) is 0 Å². The van der Waals surface area contributed by atoms with E-state index in [4.69, 9.17) is 0 Å². The Balaban J connectivity index is 1.56. The van der Waals surface area contributed by atoms with E-state index in [1.807, 2.05) is 10.3 Å². The molecule has 1 aliphatic heterocycles. The third-order valence-electron chi connectivity index (χ3n) is 4.96. The Morgan fingerprint density at radius 2 is 2.00 bits per heavy atom. The Morgan fingerprint density at radius 1 is 1.26 bits per heavy atom. The Labute approximate surface area is 165 Å². The van der Waals surface area contributed by atoms with Crippen LogP contribution in [0.3, 0.4) is 0 Å². The van der Waals surface area contributed by atoms with Crippen LogP contribution in [0.4, 0.5) is 4.39 Å². The Hall–Kier alpha value is -1.99. The van der Waals surface area contributed by atoms with E-state index in [0.717, 1.165) is 52.3 Å². The minimum Gasteiger partial charge on any atom is -0.342 e. The number of rotatable bonds is 4. The van der Waals surface area contributed by atoms with Crippen LogP contribution in [0, 0.1) is 11.7 Å². The molecule has 7 heteroatoms. The van der Waals surface area contributed by atoms with E-state index in [0.29, 0.717) is 11.7 Å². The van der Waals surface area contributed by atoms with Gasteiger partial charge in [-0.15, -0.1) is 11.3 Å². The van der Waals surface area contributed by atoms with Gasteiger partial charge in [-0.2, -0.15) is 0 Å². The summed E-state index contributed by atoms with van der Waals surface area (Å²) in [5.41, 5.74) is 1.91. The number of amides is 1. The number of carbonyl (C=O) groups is 1. The number of aromatic nitrogens is 2. The fourth-order valence-electron chi connectivity index (χ4n) is 3.28. The number of thiophene rings is 1. The van der Waals surface area contributed by atoms with Gasteiger partial charge in [-0.1, -0.05) is 30.8 Å². The van der Waals surface area contributed by atoms with Crippen molar-refractivity contribution in [1.29, 1.82) is 0 Å². The van der Waals surface area contributed by atoms with Crippen molar-refractivity contribution in [2.75, 3.05) is 18.8 Å². The molecule has 0 spiro atoms. The van der Waals surface area contributed by atoms with Gasteiger partial charge in [0.05, 0.1) is 11.1 Å². The number of hydrogen-bond acceptors (Lipinski definition) is 5. The van der Waals surface area contributed by atoms with Crippen LogP contribution in [-0.4, -0.2) is 39.6 Å². The van der Waals surface area contributed by atoms with Crippen LogP contribution in [0.25, 0.3) is 21.3 Å². The Kier molecular flexibility index (Phi) is 5.41. The van der Waals surface area contributed by atoms with Crippen LogP contribution < -0.4 is 0 Å². The van der Waals surface area contributed by atoms with Crippen LogP contribution in [0.2, 0.25) is 0 Å². The number of piperidine rings is 1. The molecule has 3 heterocycles. The van der Waals surface area contributed by atoms with E-state index < -0.39 is 0 Å². The van der Waals surface area contributed by atoms with Gasteiger partial charge in [-0.3, -0.25) is 4.79 Å². The van der Waals surface area contributed by atoms with Gasteiger partial charge in [0.1, 0.15) is 22.0 Å². The van der Waals surface area contributed by atoms with Crippen molar-refractivity contribution < 1.29 is 9.18 Å². The highest BCUT2D eigenvalue weighted by atomic mass is 32.2. The summed E-state index contributed by atoms with van der Waals surface area (Å²) in [6.45, 7) is 3.93. The highest BCUT2D eigenvalue weighted by Crippen LogP contribution is 2.38. The molecule has 0 N–H and O–H groups in total. The fraction of sp³-hybridized carbons (Fsp3) is 0.350. The van der Waals surface area contributed by atoms with Crippen LogP contribution >= 0.6 is 23.1 Å². The zero-order valence-electron chi connectivity index (χ0n) is 15.0. The van der Waals surface area contributed by atoms with Gasteiger partial charge in [0, 0.05) is 24.0 Å². The van der Waals surface area contributed by atoms with E-state index in [2.05, 4.69) is 16.9 Å². The smallest absolute Gasteiger partial charge is 0.232 e. The van der Waals surface area contributed by atoms with Gasteiger partial charge in [-0.25, -0.2) is 14.4 Å². The molecule has 4 nitrogen and oxygen atoms in total. The number of thioether (sulfide) groups is 1. The third-order valence-corrected chi connectivity index (χ3v) is 6.82. The average molecular weight is 402 g/mol. The summed E-state index contributed by atoms with van der Waals surface area (Å²) >= 11 is 3.00. The minimum absolute atomic E-state index is 0.164. The zero-order chi connectivity index (χ0) is 18.8. The lowest BCUT2D eigenvalue weighted by molar-refractivity contribution is -0.129. The predicted octanol–water partition coefficient (Wildman–Crippen LogP) is 4.85. The van der Waals surface area contributed by atoms with Crippen LogP contribution in [-0.2, 0) is 4.79 Å². The molecule has 1 fully saturated rings. The molecular formula is C20H20FN3OS2. The summed E-state index contributed by atoms with van der Waals surface area (Å²) < 4.78 is 13.3. The number of nitrogens with zero attached hydrogens (tertiary/aromatic N) is 3. The number of fused-ring (bicyclic) bond motifs is 1. The first-order chi connectivity index (χ1) is 13.1. The van der Waals surface area contributed by atoms with Gasteiger partial charge in [-0.05, 0) is 36.5 Å². The van der Waals surface area contributed by atoms with Crippen molar-refractivity contribution in [2.24, 2.45) is 5.92 Å². The molecule has 2 aromatic heterocycles. The van der Waals surface area contributed by atoms with E-state index in [1.54, 1.807) is 18.5 Å². The van der Waals surface area contributed by atoms with E-state index in [9.17, 15) is 9.18 Å². The number of hydrogen-bond donors (Lipinski definition) is 0. The number of carbonyl (C=O) groups excluding carboxylic acids is 1. The third kappa shape index (κ3) is 3.99. The SMILES string of the molecule is CC1CCN(C(=O)CSc2ncnc3scc(-c4ccc(F)cc4)c23)CC1. The maximum Gasteiger partial charge on any atom is 0.232 e. The van der Waals surface area contributed by atoms with Crippen LogP contribution in [0.1, 0.15) is 19.8 Å². The summed E-state index contributed by atoms with van der Waals surface area (Å²) in [5.74, 6) is 0.981. The molecular weight excluding hydrogens is 381 g/mol. The summed E-state index contributed by atoms with van der Waals surface area (Å²) in [5, 5.41) is 3.77. The molecule has 0 saturated carbocycles. The molecule has 0 bridgehead atoms. The second kappa shape index (κ2) is 7.94. The largest absolute Gasteiger partial charge is 0.342 e. The quantitative estimate of drug-likeness (QED) is 0.463. The summed E-state index contributed by atoms with van der Waals surface area (Å²) in [6.07, 6.45) is 3.70. The summed E-state index contributed by atoms with van der Waals surface area (Å²) in [7, 11) is 0. The number of benzene rings is 1. The highest BCUT2D eigenvalue weighted by molar-refractivity contribution is 8.00. The lowest BCUT2D eigenvalue weighted by atomic mass is 9.99. The van der Waals surface area contributed by atoms with Crippen molar-refractivity contribution in [3.8, 4) is 11.1 Å². The average Bonchev–Trinajstić information content (AvgIpc) is 3.12. The fourth-order valence-corrected chi connectivity index (χ4v) is 5.17. The first-order valence-electron chi connectivity index (χ1n) is 9.00. The Morgan fingerprint density at radius 3 is 2.74 bits per heavy atom. The lowest BCUT2D eigenvalue weighted by Gasteiger charge is -2.30. The molecule has 0 atom stereocenters. The van der Waals surface area contributed by atoms with Gasteiger partial charge in [0.15, 0.2) is 0 Å². The monoisotopic (exact) mass is 401 g/mol. The van der Waals surface area contributed by atoms with Crippen molar-refractivity contribution in [3.05, 3.63) is 41.8 Å². The minimum atomic E-state index is -0.259. The van der Waals surface area contributed by atoms with Gasteiger partial charge >= 0.3 is 0 Å². The zero-order valence-corrected chi connectivity index (χ0v) is 16.7. The topological polar surface area (TPSA) is 46.1 Å². The number of likely N-dealkylation sites (tertiary alicyclic amines) is 1. The summed E-state index contributed by atoms with van der Waals surface area (Å²) in [6, 6.07) is 6.43. The number of halogens is 1. The molecule has 27 heavy (non-hydrogen) atoms. The van der Waals surface area contributed by atoms with E-state index >= 15 is 0 Å². The molecule has 4 rings (SSSR count). The lowest BCUT2D eigenvalue weighted by Crippen LogP contribution is -2.38. The van der Waals surface area contributed by atoms with E-state index in [-0.39, 0.29) is 11.7 Å². The maximum absolute atomic E-state index is 13.3. The van der Waals surface area contributed by atoms with Gasteiger partial charge in [0.25, 0.3) is 0 Å². The molecule has 1 amide bonds.